The van der Waals surface area contributed by atoms with E-state index in [4.69, 9.17) is 5.10 Å². The molecule has 2 unspecified atom stereocenters. The summed E-state index contributed by atoms with van der Waals surface area (Å²) in [6.07, 6.45) is 1.87. The third-order valence-electron chi connectivity index (χ3n) is 5.10. The average Bonchev–Trinajstić information content (AvgIpc) is 3.30. The van der Waals surface area contributed by atoms with E-state index in [0.29, 0.717) is 6.54 Å². The number of hydrogen-bond donors (Lipinski definition) is 3. The third-order valence-corrected chi connectivity index (χ3v) is 5.10. The van der Waals surface area contributed by atoms with Crippen molar-refractivity contribution in [3.05, 3.63) is 78.0 Å². The average molecular weight is 399 g/mol. The Balaban J connectivity index is 0.00000225. The van der Waals surface area contributed by atoms with Gasteiger partial charge in [-0.05, 0) is 5.56 Å². The van der Waals surface area contributed by atoms with Gasteiger partial charge in [0, 0.05) is 49.4 Å². The zero-order valence-electron chi connectivity index (χ0n) is 15.8. The highest BCUT2D eigenvalue weighted by atomic mass is 35.5. The Kier molecular flexibility index (Phi) is 7.23. The van der Waals surface area contributed by atoms with Crippen LogP contribution in [0.4, 0.5) is 0 Å². The number of nitrogens with one attached hydrogen (secondary N) is 2. The standard InChI is InChI=1S/C22H26N4O.ClH/c27-21-14-24-12-19(21)11-23-13-20-16-26(15-17-7-3-1-4-8-17)25-22(20)18-9-5-2-6-10-18;/h1-10,16,19,21,23-24,27H,11-15H2;1H. The molecule has 0 amide bonds. The highest BCUT2D eigenvalue weighted by Crippen LogP contribution is 2.22. The lowest BCUT2D eigenvalue weighted by molar-refractivity contribution is 0.146. The van der Waals surface area contributed by atoms with Crippen LogP contribution < -0.4 is 10.6 Å². The minimum absolute atomic E-state index is 0. The van der Waals surface area contributed by atoms with E-state index in [1.54, 1.807) is 0 Å². The molecule has 0 radical (unpaired) electrons. The summed E-state index contributed by atoms with van der Waals surface area (Å²) < 4.78 is 2.01. The fourth-order valence-electron chi connectivity index (χ4n) is 3.60. The van der Waals surface area contributed by atoms with Crippen LogP contribution in [0.3, 0.4) is 0 Å². The van der Waals surface area contributed by atoms with Crippen molar-refractivity contribution in [2.75, 3.05) is 19.6 Å². The van der Waals surface area contributed by atoms with Crippen molar-refractivity contribution in [3.63, 3.8) is 0 Å². The fraction of sp³-hybridized carbons (Fsp3) is 0.318. The normalized spacial score (nSPS) is 18.8. The van der Waals surface area contributed by atoms with E-state index in [1.807, 2.05) is 28.9 Å². The summed E-state index contributed by atoms with van der Waals surface area (Å²) in [5.41, 5.74) is 4.56. The highest BCUT2D eigenvalue weighted by Gasteiger charge is 2.24. The van der Waals surface area contributed by atoms with Gasteiger partial charge in [0.15, 0.2) is 0 Å². The summed E-state index contributed by atoms with van der Waals surface area (Å²) in [5, 5.41) is 21.6. The predicted molar refractivity (Wildman–Crippen MR) is 115 cm³/mol. The van der Waals surface area contributed by atoms with Gasteiger partial charge in [-0.3, -0.25) is 4.68 Å². The Morgan fingerprint density at radius 2 is 1.75 bits per heavy atom. The molecule has 2 aromatic carbocycles. The highest BCUT2D eigenvalue weighted by molar-refractivity contribution is 5.85. The van der Waals surface area contributed by atoms with Gasteiger partial charge in [0.05, 0.1) is 18.3 Å². The van der Waals surface area contributed by atoms with E-state index in [9.17, 15) is 5.11 Å². The summed E-state index contributed by atoms with van der Waals surface area (Å²) in [7, 11) is 0. The molecule has 3 N–H and O–H groups in total. The second-order valence-electron chi connectivity index (χ2n) is 7.17. The van der Waals surface area contributed by atoms with Crippen molar-refractivity contribution in [3.8, 4) is 11.3 Å². The molecule has 3 aromatic rings. The Morgan fingerprint density at radius 1 is 1.04 bits per heavy atom. The summed E-state index contributed by atoms with van der Waals surface area (Å²) in [6.45, 7) is 3.85. The zero-order valence-corrected chi connectivity index (χ0v) is 16.6. The molecule has 0 spiro atoms. The first kappa shape index (κ1) is 20.6. The molecule has 2 heterocycles. The first-order valence-electron chi connectivity index (χ1n) is 9.55. The van der Waals surface area contributed by atoms with Crippen LogP contribution in [0.1, 0.15) is 11.1 Å². The second kappa shape index (κ2) is 9.85. The number of aromatic nitrogens is 2. The Hall–Kier alpha value is -2.18. The topological polar surface area (TPSA) is 62.1 Å². The lowest BCUT2D eigenvalue weighted by atomic mass is 10.1. The number of aliphatic hydroxyl groups excluding tert-OH is 1. The molecule has 0 bridgehead atoms. The quantitative estimate of drug-likeness (QED) is 0.572. The number of halogens is 1. The van der Waals surface area contributed by atoms with Crippen LogP contribution in [-0.2, 0) is 13.1 Å². The van der Waals surface area contributed by atoms with E-state index in [2.05, 4.69) is 53.2 Å². The molecule has 5 nitrogen and oxygen atoms in total. The third kappa shape index (κ3) is 5.00. The van der Waals surface area contributed by atoms with Crippen molar-refractivity contribution in [2.45, 2.75) is 19.2 Å². The lowest BCUT2D eigenvalue weighted by Gasteiger charge is -2.14. The maximum absolute atomic E-state index is 9.97. The van der Waals surface area contributed by atoms with Gasteiger partial charge in [-0.1, -0.05) is 60.7 Å². The van der Waals surface area contributed by atoms with Crippen molar-refractivity contribution in [1.29, 1.82) is 0 Å². The number of rotatable bonds is 7. The Bertz CT molecular complexity index is 853. The molecule has 148 valence electrons. The second-order valence-corrected chi connectivity index (χ2v) is 7.17. The number of aliphatic hydroxyl groups is 1. The van der Waals surface area contributed by atoms with E-state index in [1.165, 1.54) is 11.1 Å². The Morgan fingerprint density at radius 3 is 2.43 bits per heavy atom. The maximum Gasteiger partial charge on any atom is 0.0968 e. The number of nitrogens with zero attached hydrogens (tertiary/aromatic N) is 2. The number of benzene rings is 2. The molecule has 6 heteroatoms. The van der Waals surface area contributed by atoms with Crippen molar-refractivity contribution in [2.24, 2.45) is 5.92 Å². The van der Waals surface area contributed by atoms with Gasteiger partial charge in [0.25, 0.3) is 0 Å². The molecule has 0 aliphatic carbocycles. The van der Waals surface area contributed by atoms with Crippen LogP contribution >= 0.6 is 12.4 Å². The minimum Gasteiger partial charge on any atom is -0.391 e. The van der Waals surface area contributed by atoms with Crippen LogP contribution in [0.5, 0.6) is 0 Å². The molecule has 1 fully saturated rings. The Labute approximate surface area is 172 Å². The SMILES string of the molecule is Cl.OC1CNCC1CNCc1cn(Cc2ccccc2)nc1-c1ccccc1. The van der Waals surface area contributed by atoms with Crippen molar-refractivity contribution >= 4 is 12.4 Å². The summed E-state index contributed by atoms with van der Waals surface area (Å²) in [5.74, 6) is 0.268. The maximum atomic E-state index is 9.97. The van der Waals surface area contributed by atoms with Gasteiger partial charge >= 0.3 is 0 Å². The van der Waals surface area contributed by atoms with Crippen molar-refractivity contribution in [1.82, 2.24) is 20.4 Å². The van der Waals surface area contributed by atoms with Gasteiger partial charge in [0.2, 0.25) is 0 Å². The molecule has 1 aliphatic heterocycles. The lowest BCUT2D eigenvalue weighted by Crippen LogP contribution is -2.30. The van der Waals surface area contributed by atoms with Gasteiger partial charge in [-0.25, -0.2) is 0 Å². The smallest absolute Gasteiger partial charge is 0.0968 e. The molecular weight excluding hydrogens is 372 g/mol. The molecule has 4 rings (SSSR count). The predicted octanol–water partition coefficient (Wildman–Crippen LogP) is 2.69. The molecular formula is C22H27ClN4O. The molecule has 1 aliphatic rings. The zero-order chi connectivity index (χ0) is 18.5. The van der Waals surface area contributed by atoms with Crippen molar-refractivity contribution < 1.29 is 5.11 Å². The summed E-state index contributed by atoms with van der Waals surface area (Å²) in [4.78, 5) is 0. The van der Waals surface area contributed by atoms with E-state index in [0.717, 1.165) is 37.4 Å². The first-order chi connectivity index (χ1) is 13.3. The molecule has 28 heavy (non-hydrogen) atoms. The number of hydrogen-bond acceptors (Lipinski definition) is 4. The molecule has 1 aromatic heterocycles. The summed E-state index contributed by atoms with van der Waals surface area (Å²) >= 11 is 0. The molecule has 0 saturated carbocycles. The van der Waals surface area contributed by atoms with Crippen LogP contribution in [0.15, 0.2) is 66.9 Å². The van der Waals surface area contributed by atoms with Gasteiger partial charge in [-0.15, -0.1) is 12.4 Å². The summed E-state index contributed by atoms with van der Waals surface area (Å²) in [6, 6.07) is 20.7. The van der Waals surface area contributed by atoms with E-state index < -0.39 is 0 Å². The molecule has 1 saturated heterocycles. The van der Waals surface area contributed by atoms with Crippen LogP contribution in [-0.4, -0.2) is 40.6 Å². The van der Waals surface area contributed by atoms with Gasteiger partial charge in [-0.2, -0.15) is 5.10 Å². The number of β-amino-alcohol motifs (C(OH)–C–C–N with tert-alkyl or cyclic N) is 1. The van der Waals surface area contributed by atoms with Gasteiger partial charge in [0.1, 0.15) is 0 Å². The largest absolute Gasteiger partial charge is 0.391 e. The first-order valence-corrected chi connectivity index (χ1v) is 9.55. The van der Waals surface area contributed by atoms with Crippen LogP contribution in [0, 0.1) is 5.92 Å². The molecule has 2 atom stereocenters. The minimum atomic E-state index is -0.258. The van der Waals surface area contributed by atoms with Crippen LogP contribution in [0.2, 0.25) is 0 Å². The van der Waals surface area contributed by atoms with Crippen LogP contribution in [0.25, 0.3) is 11.3 Å². The van der Waals surface area contributed by atoms with E-state index in [-0.39, 0.29) is 24.4 Å². The fourth-order valence-corrected chi connectivity index (χ4v) is 3.60. The van der Waals surface area contributed by atoms with Gasteiger partial charge < -0.3 is 15.7 Å². The monoisotopic (exact) mass is 398 g/mol. The van der Waals surface area contributed by atoms with E-state index >= 15 is 0 Å².